The monoisotopic (exact) mass is 256 g/mol. The van der Waals surface area contributed by atoms with Crippen molar-refractivity contribution in [1.82, 2.24) is 9.97 Å². The molecule has 2 rings (SSSR count). The first-order valence-electron chi connectivity index (χ1n) is 6.07. The zero-order chi connectivity index (χ0) is 13.8. The molecule has 1 aromatic carbocycles. The summed E-state index contributed by atoms with van der Waals surface area (Å²) in [5.74, 6) is 0.518. The highest BCUT2D eigenvalue weighted by atomic mass is 16.1. The van der Waals surface area contributed by atoms with Crippen LogP contribution in [0.2, 0.25) is 0 Å². The molecule has 0 saturated heterocycles. The molecule has 2 aromatic rings. The quantitative estimate of drug-likeness (QED) is 0.877. The SMILES string of the molecule is CC(C)Nc1cc(C(N)=O)nc(-c2ccccc2)n1. The van der Waals surface area contributed by atoms with Crippen molar-refractivity contribution in [1.29, 1.82) is 0 Å². The van der Waals surface area contributed by atoms with E-state index >= 15 is 0 Å². The van der Waals surface area contributed by atoms with E-state index in [-0.39, 0.29) is 11.7 Å². The third kappa shape index (κ3) is 3.28. The first-order valence-corrected chi connectivity index (χ1v) is 6.07. The number of nitrogens with two attached hydrogens (primary N) is 1. The summed E-state index contributed by atoms with van der Waals surface area (Å²) in [6.45, 7) is 3.99. The maximum Gasteiger partial charge on any atom is 0.267 e. The van der Waals surface area contributed by atoms with Gasteiger partial charge in [0.2, 0.25) is 0 Å². The fraction of sp³-hybridized carbons (Fsp3) is 0.214. The van der Waals surface area contributed by atoms with Crippen LogP contribution in [0.25, 0.3) is 11.4 Å². The Balaban J connectivity index is 2.48. The molecule has 0 saturated carbocycles. The van der Waals surface area contributed by atoms with Gasteiger partial charge in [-0.2, -0.15) is 0 Å². The number of rotatable bonds is 4. The predicted molar refractivity (Wildman–Crippen MR) is 74.7 cm³/mol. The van der Waals surface area contributed by atoms with Crippen LogP contribution < -0.4 is 11.1 Å². The highest BCUT2D eigenvalue weighted by Gasteiger charge is 2.10. The van der Waals surface area contributed by atoms with Gasteiger partial charge in [-0.15, -0.1) is 0 Å². The van der Waals surface area contributed by atoms with Crippen LogP contribution in [0, 0.1) is 0 Å². The first kappa shape index (κ1) is 13.0. The molecule has 19 heavy (non-hydrogen) atoms. The third-order valence-corrected chi connectivity index (χ3v) is 2.45. The lowest BCUT2D eigenvalue weighted by atomic mass is 10.2. The summed E-state index contributed by atoms with van der Waals surface area (Å²) in [5, 5.41) is 3.15. The zero-order valence-corrected chi connectivity index (χ0v) is 10.9. The fourth-order valence-corrected chi connectivity index (χ4v) is 1.66. The van der Waals surface area contributed by atoms with E-state index in [0.29, 0.717) is 11.6 Å². The number of anilines is 1. The Hall–Kier alpha value is -2.43. The fourth-order valence-electron chi connectivity index (χ4n) is 1.66. The molecule has 98 valence electrons. The molecule has 0 spiro atoms. The van der Waals surface area contributed by atoms with E-state index in [1.54, 1.807) is 6.07 Å². The first-order chi connectivity index (χ1) is 9.06. The molecule has 0 aliphatic heterocycles. The number of hydrogen-bond donors (Lipinski definition) is 2. The molecular weight excluding hydrogens is 240 g/mol. The summed E-state index contributed by atoms with van der Waals surface area (Å²) in [7, 11) is 0. The molecule has 3 N–H and O–H groups in total. The van der Waals surface area contributed by atoms with Crippen molar-refractivity contribution in [2.45, 2.75) is 19.9 Å². The molecule has 1 aromatic heterocycles. The number of nitrogens with one attached hydrogen (secondary N) is 1. The zero-order valence-electron chi connectivity index (χ0n) is 10.9. The standard InChI is InChI=1S/C14H16N4O/c1-9(2)16-12-8-11(13(15)19)17-14(18-12)10-6-4-3-5-7-10/h3-9H,1-2H3,(H2,15,19)(H,16,17,18). The lowest BCUT2D eigenvalue weighted by Gasteiger charge is -2.11. The summed E-state index contributed by atoms with van der Waals surface area (Å²) in [6, 6.07) is 11.2. The number of benzene rings is 1. The molecule has 0 aliphatic carbocycles. The average molecular weight is 256 g/mol. The minimum atomic E-state index is -0.564. The van der Waals surface area contributed by atoms with Crippen molar-refractivity contribution < 1.29 is 4.79 Å². The van der Waals surface area contributed by atoms with Gasteiger partial charge in [-0.25, -0.2) is 9.97 Å². The van der Waals surface area contributed by atoms with E-state index in [0.717, 1.165) is 5.56 Å². The van der Waals surface area contributed by atoms with Crippen LogP contribution in [0.1, 0.15) is 24.3 Å². The van der Waals surface area contributed by atoms with Gasteiger partial charge in [-0.05, 0) is 13.8 Å². The Kier molecular flexibility index (Phi) is 3.75. The number of nitrogens with zero attached hydrogens (tertiary/aromatic N) is 2. The largest absolute Gasteiger partial charge is 0.368 e. The highest BCUT2D eigenvalue weighted by Crippen LogP contribution is 2.18. The number of hydrogen-bond acceptors (Lipinski definition) is 4. The van der Waals surface area contributed by atoms with Crippen molar-refractivity contribution in [3.63, 3.8) is 0 Å². The van der Waals surface area contributed by atoms with Gasteiger partial charge in [-0.3, -0.25) is 4.79 Å². The maximum atomic E-state index is 11.3. The molecule has 5 heteroatoms. The van der Waals surface area contributed by atoms with E-state index in [9.17, 15) is 4.79 Å². The number of carbonyl (C=O) groups excluding carboxylic acids is 1. The lowest BCUT2D eigenvalue weighted by molar-refractivity contribution is 0.0995. The van der Waals surface area contributed by atoms with Gasteiger partial charge in [-0.1, -0.05) is 30.3 Å². The van der Waals surface area contributed by atoms with Crippen LogP contribution >= 0.6 is 0 Å². The van der Waals surface area contributed by atoms with Crippen LogP contribution in [0.5, 0.6) is 0 Å². The van der Waals surface area contributed by atoms with Gasteiger partial charge in [0.25, 0.3) is 5.91 Å². The van der Waals surface area contributed by atoms with Crippen LogP contribution in [0.15, 0.2) is 36.4 Å². The molecule has 0 bridgehead atoms. The summed E-state index contributed by atoms with van der Waals surface area (Å²) in [4.78, 5) is 19.9. The molecule has 0 atom stereocenters. The number of amides is 1. The van der Waals surface area contributed by atoms with Crippen LogP contribution in [0.4, 0.5) is 5.82 Å². The Labute approximate surface area is 111 Å². The van der Waals surface area contributed by atoms with Gasteiger partial charge in [0, 0.05) is 17.7 Å². The molecule has 0 fully saturated rings. The smallest absolute Gasteiger partial charge is 0.267 e. The Morgan fingerprint density at radius 2 is 1.89 bits per heavy atom. The molecule has 0 unspecified atom stereocenters. The normalized spacial score (nSPS) is 10.5. The topological polar surface area (TPSA) is 80.9 Å². The lowest BCUT2D eigenvalue weighted by Crippen LogP contribution is -2.17. The highest BCUT2D eigenvalue weighted by molar-refractivity contribution is 5.92. The van der Waals surface area contributed by atoms with Gasteiger partial charge < -0.3 is 11.1 Å². The van der Waals surface area contributed by atoms with Crippen LogP contribution in [0.3, 0.4) is 0 Å². The number of primary amides is 1. The van der Waals surface area contributed by atoms with Crippen molar-refractivity contribution >= 4 is 11.7 Å². The predicted octanol–water partition coefficient (Wildman–Crippen LogP) is 2.06. The second-order valence-corrected chi connectivity index (χ2v) is 4.49. The van der Waals surface area contributed by atoms with E-state index in [1.165, 1.54) is 0 Å². The molecular formula is C14H16N4O. The van der Waals surface area contributed by atoms with Gasteiger partial charge in [0.05, 0.1) is 0 Å². The molecule has 1 amide bonds. The van der Waals surface area contributed by atoms with E-state index in [1.807, 2.05) is 44.2 Å². The summed E-state index contributed by atoms with van der Waals surface area (Å²) in [5.41, 5.74) is 6.35. The minimum absolute atomic E-state index is 0.206. The summed E-state index contributed by atoms with van der Waals surface area (Å²) < 4.78 is 0. The molecule has 0 aliphatic rings. The van der Waals surface area contributed by atoms with E-state index < -0.39 is 5.91 Å². The van der Waals surface area contributed by atoms with E-state index in [4.69, 9.17) is 5.73 Å². The average Bonchev–Trinajstić information content (AvgIpc) is 2.38. The van der Waals surface area contributed by atoms with Crippen molar-refractivity contribution in [2.75, 3.05) is 5.32 Å². The van der Waals surface area contributed by atoms with E-state index in [2.05, 4.69) is 15.3 Å². The number of carbonyl (C=O) groups is 1. The van der Waals surface area contributed by atoms with Crippen LogP contribution in [-0.2, 0) is 0 Å². The molecule has 5 nitrogen and oxygen atoms in total. The number of aromatic nitrogens is 2. The minimum Gasteiger partial charge on any atom is -0.368 e. The second-order valence-electron chi connectivity index (χ2n) is 4.49. The van der Waals surface area contributed by atoms with Crippen molar-refractivity contribution in [3.05, 3.63) is 42.1 Å². The maximum absolute atomic E-state index is 11.3. The van der Waals surface area contributed by atoms with Gasteiger partial charge in [0.1, 0.15) is 11.5 Å². The third-order valence-electron chi connectivity index (χ3n) is 2.45. The second kappa shape index (κ2) is 5.48. The summed E-state index contributed by atoms with van der Waals surface area (Å²) >= 11 is 0. The molecule has 1 heterocycles. The van der Waals surface area contributed by atoms with Crippen molar-refractivity contribution in [3.8, 4) is 11.4 Å². The Bertz CT molecular complexity index is 581. The van der Waals surface area contributed by atoms with Crippen LogP contribution in [-0.4, -0.2) is 21.9 Å². The molecule has 0 radical (unpaired) electrons. The Morgan fingerprint density at radius 3 is 2.47 bits per heavy atom. The van der Waals surface area contributed by atoms with Gasteiger partial charge in [0.15, 0.2) is 5.82 Å². The van der Waals surface area contributed by atoms with Crippen molar-refractivity contribution in [2.24, 2.45) is 5.73 Å². The van der Waals surface area contributed by atoms with Gasteiger partial charge >= 0.3 is 0 Å². The summed E-state index contributed by atoms with van der Waals surface area (Å²) in [6.07, 6.45) is 0. The Morgan fingerprint density at radius 1 is 1.21 bits per heavy atom.